The van der Waals surface area contributed by atoms with Crippen molar-refractivity contribution in [3.05, 3.63) is 63.6 Å². The van der Waals surface area contributed by atoms with Crippen LogP contribution in [0.1, 0.15) is 23.5 Å². The van der Waals surface area contributed by atoms with E-state index < -0.39 is 23.8 Å². The normalized spacial score (nSPS) is 24.0. The van der Waals surface area contributed by atoms with Gasteiger partial charge in [0.2, 0.25) is 0 Å². The standard InChI is InChI=1S/C23H19Cl2F3N4O3/c24-15-8-13(23(26,27)28)9-16(25)19(15)29-21(34)30-6-7-31-18(11-30)20(33)32(22(31)35)17-10-14(17)12-4-2-1-3-5-12/h1-5,8-9,14,17-18H,6-7,10-11H2,(H,29,34)/t14-,17+,18?/m0/s1. The van der Waals surface area contributed by atoms with Crippen molar-refractivity contribution in [3.8, 4) is 0 Å². The van der Waals surface area contributed by atoms with Crippen LogP contribution < -0.4 is 5.32 Å². The summed E-state index contributed by atoms with van der Waals surface area (Å²) in [6.07, 6.45) is -3.95. The number of nitrogens with one attached hydrogen (secondary N) is 1. The van der Waals surface area contributed by atoms with Gasteiger partial charge in [0.25, 0.3) is 5.91 Å². The van der Waals surface area contributed by atoms with Crippen molar-refractivity contribution < 1.29 is 27.6 Å². The number of benzene rings is 2. The first-order valence-corrected chi connectivity index (χ1v) is 11.6. The fourth-order valence-corrected chi connectivity index (χ4v) is 5.26. The molecule has 5 amide bonds. The second-order valence-corrected chi connectivity index (χ2v) is 9.52. The van der Waals surface area contributed by atoms with Gasteiger partial charge in [-0.1, -0.05) is 53.5 Å². The van der Waals surface area contributed by atoms with Crippen molar-refractivity contribution in [1.29, 1.82) is 0 Å². The molecule has 0 aromatic heterocycles. The van der Waals surface area contributed by atoms with Crippen molar-refractivity contribution in [2.45, 2.75) is 30.6 Å². The van der Waals surface area contributed by atoms with Crippen LogP contribution in [0.2, 0.25) is 10.0 Å². The number of carbonyl (C=O) groups is 3. The van der Waals surface area contributed by atoms with Crippen molar-refractivity contribution in [1.82, 2.24) is 14.7 Å². The van der Waals surface area contributed by atoms with Crippen molar-refractivity contribution in [2.24, 2.45) is 0 Å². The lowest BCUT2D eigenvalue weighted by Crippen LogP contribution is -2.55. The minimum atomic E-state index is -4.64. The van der Waals surface area contributed by atoms with Gasteiger partial charge < -0.3 is 15.1 Å². The van der Waals surface area contributed by atoms with Gasteiger partial charge >= 0.3 is 18.2 Å². The van der Waals surface area contributed by atoms with E-state index in [1.807, 2.05) is 30.3 Å². The summed E-state index contributed by atoms with van der Waals surface area (Å²) in [7, 11) is 0. The number of piperazine rings is 1. The van der Waals surface area contributed by atoms with Crippen LogP contribution in [0.4, 0.5) is 28.4 Å². The van der Waals surface area contributed by atoms with Crippen LogP contribution in [0, 0.1) is 0 Å². The predicted molar refractivity (Wildman–Crippen MR) is 122 cm³/mol. The van der Waals surface area contributed by atoms with Gasteiger partial charge in [-0.3, -0.25) is 9.69 Å². The zero-order chi connectivity index (χ0) is 25.1. The first-order valence-electron chi connectivity index (χ1n) is 10.9. The van der Waals surface area contributed by atoms with Crippen LogP contribution in [0.5, 0.6) is 0 Å². The van der Waals surface area contributed by atoms with Crippen molar-refractivity contribution in [3.63, 3.8) is 0 Å². The van der Waals surface area contributed by atoms with E-state index in [0.29, 0.717) is 18.6 Å². The monoisotopic (exact) mass is 526 g/mol. The van der Waals surface area contributed by atoms with E-state index >= 15 is 0 Å². The molecule has 3 aliphatic rings. The Kier molecular flexibility index (Phi) is 5.83. The number of halogens is 5. The van der Waals surface area contributed by atoms with Gasteiger partial charge in [-0.15, -0.1) is 0 Å². The molecule has 2 heterocycles. The summed E-state index contributed by atoms with van der Waals surface area (Å²) >= 11 is 11.9. The second kappa shape index (κ2) is 8.60. The molecule has 3 atom stereocenters. The number of anilines is 1. The van der Waals surface area contributed by atoms with E-state index in [2.05, 4.69) is 5.32 Å². The summed E-state index contributed by atoms with van der Waals surface area (Å²) in [5.41, 5.74) is -0.134. The van der Waals surface area contributed by atoms with Gasteiger partial charge in [0.05, 0.1) is 27.8 Å². The van der Waals surface area contributed by atoms with Gasteiger partial charge in [0, 0.05) is 25.0 Å². The molecule has 1 unspecified atom stereocenters. The van der Waals surface area contributed by atoms with Gasteiger partial charge in [0.1, 0.15) is 6.04 Å². The third-order valence-electron chi connectivity index (χ3n) is 6.56. The Morgan fingerprint density at radius 2 is 1.69 bits per heavy atom. The smallest absolute Gasteiger partial charge is 0.320 e. The largest absolute Gasteiger partial charge is 0.416 e. The maximum atomic E-state index is 13.1. The highest BCUT2D eigenvalue weighted by Crippen LogP contribution is 2.47. The van der Waals surface area contributed by atoms with E-state index in [1.54, 1.807) is 0 Å². The number of alkyl halides is 3. The highest BCUT2D eigenvalue weighted by Gasteiger charge is 2.56. The van der Waals surface area contributed by atoms with Gasteiger partial charge in [-0.2, -0.15) is 13.2 Å². The van der Waals surface area contributed by atoms with E-state index in [4.69, 9.17) is 23.2 Å². The molecule has 0 bridgehead atoms. The summed E-state index contributed by atoms with van der Waals surface area (Å²) in [4.78, 5) is 43.0. The molecule has 2 aromatic rings. The number of imide groups is 1. The Morgan fingerprint density at radius 3 is 2.31 bits per heavy atom. The molecule has 1 saturated carbocycles. The third kappa shape index (κ3) is 4.29. The molecule has 1 N–H and O–H groups in total. The fraction of sp³-hybridized carbons (Fsp3) is 0.348. The summed E-state index contributed by atoms with van der Waals surface area (Å²) in [6.45, 7) is 0.236. The zero-order valence-electron chi connectivity index (χ0n) is 18.1. The van der Waals surface area contributed by atoms with Crippen LogP contribution >= 0.6 is 23.2 Å². The van der Waals surface area contributed by atoms with Crippen LogP contribution in [-0.2, 0) is 11.0 Å². The summed E-state index contributed by atoms with van der Waals surface area (Å²) in [5, 5.41) is 1.71. The molecule has 0 spiro atoms. The average molecular weight is 527 g/mol. The first kappa shape index (κ1) is 23.7. The number of amides is 5. The highest BCUT2D eigenvalue weighted by atomic mass is 35.5. The number of hydrogen-bond acceptors (Lipinski definition) is 3. The quantitative estimate of drug-likeness (QED) is 0.569. The molecule has 184 valence electrons. The summed E-state index contributed by atoms with van der Waals surface area (Å²) in [6, 6.07) is 8.93. The SMILES string of the molecule is O=C(Nc1c(Cl)cc(C(F)(F)F)cc1Cl)N1CCN2C(=O)N([C@@H]3C[C@H]3c3ccccc3)C(=O)C2C1. The minimum Gasteiger partial charge on any atom is -0.320 e. The minimum absolute atomic E-state index is 0.0501. The third-order valence-corrected chi connectivity index (χ3v) is 7.16. The molecular weight excluding hydrogens is 508 g/mol. The molecule has 2 saturated heterocycles. The zero-order valence-corrected chi connectivity index (χ0v) is 19.6. The van der Waals surface area contributed by atoms with Gasteiger partial charge in [-0.05, 0) is 24.1 Å². The number of fused-ring (bicyclic) bond motifs is 1. The Morgan fingerprint density at radius 1 is 1.03 bits per heavy atom. The molecule has 35 heavy (non-hydrogen) atoms. The van der Waals surface area contributed by atoms with Crippen LogP contribution in [0.25, 0.3) is 0 Å². The number of rotatable bonds is 3. The number of urea groups is 2. The second-order valence-electron chi connectivity index (χ2n) is 8.71. The summed E-state index contributed by atoms with van der Waals surface area (Å²) < 4.78 is 38.9. The molecule has 1 aliphatic carbocycles. The van der Waals surface area contributed by atoms with Gasteiger partial charge in [0.15, 0.2) is 0 Å². The van der Waals surface area contributed by atoms with E-state index in [1.165, 1.54) is 14.7 Å². The highest BCUT2D eigenvalue weighted by molar-refractivity contribution is 6.39. The molecular formula is C23H19Cl2F3N4O3. The molecule has 5 rings (SSSR count). The topological polar surface area (TPSA) is 73.0 Å². The maximum Gasteiger partial charge on any atom is 0.416 e. The Hall–Kier alpha value is -2.98. The predicted octanol–water partition coefficient (Wildman–Crippen LogP) is 5.05. The maximum absolute atomic E-state index is 13.1. The van der Waals surface area contributed by atoms with Crippen molar-refractivity contribution in [2.75, 3.05) is 25.0 Å². The molecule has 7 nitrogen and oxygen atoms in total. The Balaban J connectivity index is 1.27. The van der Waals surface area contributed by atoms with E-state index in [0.717, 1.165) is 5.56 Å². The lowest BCUT2D eigenvalue weighted by Gasteiger charge is -2.35. The van der Waals surface area contributed by atoms with E-state index in [-0.39, 0.29) is 59.3 Å². The Labute approximate surface area is 208 Å². The molecule has 3 fully saturated rings. The van der Waals surface area contributed by atoms with Crippen LogP contribution in [0.3, 0.4) is 0 Å². The molecule has 0 radical (unpaired) electrons. The molecule has 2 aliphatic heterocycles. The molecule has 2 aromatic carbocycles. The average Bonchev–Trinajstić information content (AvgIpc) is 3.56. The number of nitrogens with zero attached hydrogens (tertiary/aromatic N) is 3. The Bertz CT molecular complexity index is 1190. The lowest BCUT2D eigenvalue weighted by molar-refractivity contribution is -0.137. The van der Waals surface area contributed by atoms with Crippen LogP contribution in [0.15, 0.2) is 42.5 Å². The lowest BCUT2D eigenvalue weighted by atomic mass is 10.1. The van der Waals surface area contributed by atoms with Crippen LogP contribution in [-0.4, -0.2) is 64.4 Å². The van der Waals surface area contributed by atoms with Crippen molar-refractivity contribution >= 4 is 46.9 Å². The van der Waals surface area contributed by atoms with Gasteiger partial charge in [-0.25, -0.2) is 9.59 Å². The van der Waals surface area contributed by atoms with E-state index in [9.17, 15) is 27.6 Å². The molecule has 12 heteroatoms. The number of carbonyl (C=O) groups excluding carboxylic acids is 3. The first-order chi connectivity index (χ1) is 16.6. The summed E-state index contributed by atoms with van der Waals surface area (Å²) in [5.74, 6) is -0.268. The number of hydrogen-bond donors (Lipinski definition) is 1. The fourth-order valence-electron chi connectivity index (χ4n) is 4.67.